The molecule has 1 N–H and O–H groups in total. The molecule has 5 heteroatoms. The third-order valence-corrected chi connectivity index (χ3v) is 6.20. The van der Waals surface area contributed by atoms with Crippen LogP contribution >= 0.6 is 0 Å². The molecule has 3 rings (SSSR count). The van der Waals surface area contributed by atoms with Gasteiger partial charge < -0.3 is 5.32 Å². The van der Waals surface area contributed by atoms with Gasteiger partial charge in [-0.05, 0) is 43.4 Å². The Bertz CT molecular complexity index is 447. The fourth-order valence-corrected chi connectivity index (χ4v) is 4.48. The number of hydrogen-bond acceptors (Lipinski definition) is 3. The Balaban J connectivity index is 1.74. The van der Waals surface area contributed by atoms with Crippen LogP contribution in [0.4, 0.5) is 4.79 Å². The summed E-state index contributed by atoms with van der Waals surface area (Å²) >= 11 is 0. The molecule has 1 saturated carbocycles. The molecule has 2 heterocycles. The Morgan fingerprint density at radius 1 is 1.05 bits per heavy atom. The zero-order valence-electron chi connectivity index (χ0n) is 14.1. The van der Waals surface area contributed by atoms with Gasteiger partial charge in [0.2, 0.25) is 0 Å². The molecule has 2 unspecified atom stereocenters. The molecule has 0 aromatic heterocycles. The first-order valence-electron chi connectivity index (χ1n) is 8.81. The Hall–Kier alpha value is -1.10. The van der Waals surface area contributed by atoms with Crippen LogP contribution in [0.15, 0.2) is 0 Å². The third kappa shape index (κ3) is 2.43. The normalized spacial score (nSPS) is 37.9. The maximum absolute atomic E-state index is 13.1. The van der Waals surface area contributed by atoms with Crippen LogP contribution in [0.1, 0.15) is 52.9 Å². The summed E-state index contributed by atoms with van der Waals surface area (Å²) in [5, 5.41) is 3.08. The van der Waals surface area contributed by atoms with Crippen molar-refractivity contribution in [2.24, 2.45) is 17.8 Å². The van der Waals surface area contributed by atoms with Crippen LogP contribution in [0.5, 0.6) is 0 Å². The minimum Gasteiger partial charge on any atom is -0.323 e. The highest BCUT2D eigenvalue weighted by Gasteiger charge is 2.58. The first kappa shape index (κ1) is 15.8. The number of carbonyl (C=O) groups excluding carboxylic acids is 2. The van der Waals surface area contributed by atoms with Crippen LogP contribution in [0, 0.1) is 17.8 Å². The van der Waals surface area contributed by atoms with Gasteiger partial charge in [-0.2, -0.15) is 0 Å². The van der Waals surface area contributed by atoms with Crippen molar-refractivity contribution in [3.8, 4) is 0 Å². The van der Waals surface area contributed by atoms with Gasteiger partial charge in [-0.15, -0.1) is 0 Å². The number of rotatable bonds is 2. The lowest BCUT2D eigenvalue weighted by molar-refractivity contribution is -0.138. The second-order valence-electron chi connectivity index (χ2n) is 7.71. The van der Waals surface area contributed by atoms with E-state index in [4.69, 9.17) is 0 Å². The standard InChI is InChI=1S/C17H29N3O2/c1-12-7-9-19(10-8-12)11-20-15(21)17(18-16(20)22)13(2)5-4-6-14(17)3/h12-14H,4-11H2,1-3H3,(H,18,22). The highest BCUT2D eigenvalue weighted by molar-refractivity contribution is 6.07. The second-order valence-corrected chi connectivity index (χ2v) is 7.71. The van der Waals surface area contributed by atoms with Gasteiger partial charge in [-0.3, -0.25) is 9.69 Å². The average Bonchev–Trinajstić information content (AvgIpc) is 2.73. The molecule has 5 nitrogen and oxygen atoms in total. The van der Waals surface area contributed by atoms with Crippen molar-refractivity contribution >= 4 is 11.9 Å². The Morgan fingerprint density at radius 3 is 2.23 bits per heavy atom. The van der Waals surface area contributed by atoms with Crippen molar-refractivity contribution < 1.29 is 9.59 Å². The first-order valence-corrected chi connectivity index (χ1v) is 8.81. The molecular weight excluding hydrogens is 278 g/mol. The minimum absolute atomic E-state index is 0.0100. The molecule has 3 fully saturated rings. The number of imide groups is 1. The van der Waals surface area contributed by atoms with Gasteiger partial charge >= 0.3 is 6.03 Å². The van der Waals surface area contributed by atoms with Crippen LogP contribution in [-0.4, -0.2) is 47.0 Å². The van der Waals surface area contributed by atoms with E-state index in [9.17, 15) is 9.59 Å². The van der Waals surface area contributed by atoms with E-state index in [1.165, 1.54) is 4.90 Å². The van der Waals surface area contributed by atoms with Gasteiger partial charge in [0.25, 0.3) is 5.91 Å². The summed E-state index contributed by atoms with van der Waals surface area (Å²) in [6, 6.07) is -0.191. The van der Waals surface area contributed by atoms with Crippen molar-refractivity contribution in [3.63, 3.8) is 0 Å². The number of nitrogens with zero attached hydrogens (tertiary/aromatic N) is 2. The van der Waals surface area contributed by atoms with Crippen molar-refractivity contribution in [1.29, 1.82) is 0 Å². The molecule has 0 aromatic carbocycles. The van der Waals surface area contributed by atoms with E-state index in [0.29, 0.717) is 6.67 Å². The Labute approximate surface area is 133 Å². The van der Waals surface area contributed by atoms with Gasteiger partial charge in [0, 0.05) is 13.1 Å². The van der Waals surface area contributed by atoms with Crippen molar-refractivity contribution in [2.75, 3.05) is 19.8 Å². The number of hydrogen-bond donors (Lipinski definition) is 1. The number of nitrogens with one attached hydrogen (secondary N) is 1. The zero-order valence-corrected chi connectivity index (χ0v) is 14.1. The van der Waals surface area contributed by atoms with E-state index in [1.807, 2.05) is 0 Å². The molecule has 0 radical (unpaired) electrons. The van der Waals surface area contributed by atoms with Crippen LogP contribution in [-0.2, 0) is 4.79 Å². The molecule has 3 amide bonds. The largest absolute Gasteiger partial charge is 0.326 e. The Kier molecular flexibility index (Phi) is 4.19. The molecule has 3 aliphatic rings. The summed E-state index contributed by atoms with van der Waals surface area (Å²) in [7, 11) is 0. The zero-order chi connectivity index (χ0) is 15.9. The third-order valence-electron chi connectivity index (χ3n) is 6.20. The highest BCUT2D eigenvalue weighted by Crippen LogP contribution is 2.42. The van der Waals surface area contributed by atoms with E-state index >= 15 is 0 Å². The number of amides is 3. The number of likely N-dealkylation sites (tertiary alicyclic amines) is 1. The lowest BCUT2D eigenvalue weighted by Gasteiger charge is -2.42. The molecule has 2 atom stereocenters. The van der Waals surface area contributed by atoms with Gasteiger partial charge in [-0.25, -0.2) is 9.69 Å². The van der Waals surface area contributed by atoms with Gasteiger partial charge in [0.05, 0.1) is 6.67 Å². The first-order chi connectivity index (χ1) is 10.4. The summed E-state index contributed by atoms with van der Waals surface area (Å²) in [5.41, 5.74) is -0.654. The molecular formula is C17H29N3O2. The maximum atomic E-state index is 13.1. The molecule has 0 aromatic rings. The van der Waals surface area contributed by atoms with Crippen LogP contribution in [0.3, 0.4) is 0 Å². The summed E-state index contributed by atoms with van der Waals surface area (Å²) in [6.07, 6.45) is 5.50. The lowest BCUT2D eigenvalue weighted by Crippen LogP contribution is -2.59. The smallest absolute Gasteiger partial charge is 0.323 e. The number of urea groups is 1. The van der Waals surface area contributed by atoms with Gasteiger partial charge in [0.1, 0.15) is 5.54 Å². The summed E-state index contributed by atoms with van der Waals surface area (Å²) in [5.74, 6) is 1.21. The minimum atomic E-state index is -0.654. The number of piperidine rings is 1. The molecule has 0 bridgehead atoms. The topological polar surface area (TPSA) is 52.6 Å². The van der Waals surface area contributed by atoms with Crippen LogP contribution in [0.2, 0.25) is 0 Å². The predicted molar refractivity (Wildman–Crippen MR) is 85.1 cm³/mol. The van der Waals surface area contributed by atoms with Crippen LogP contribution in [0.25, 0.3) is 0 Å². The molecule has 22 heavy (non-hydrogen) atoms. The van der Waals surface area contributed by atoms with Crippen molar-refractivity contribution in [3.05, 3.63) is 0 Å². The van der Waals surface area contributed by atoms with Crippen molar-refractivity contribution in [2.45, 2.75) is 58.4 Å². The van der Waals surface area contributed by atoms with E-state index in [-0.39, 0.29) is 23.8 Å². The fraction of sp³-hybridized carbons (Fsp3) is 0.882. The highest BCUT2D eigenvalue weighted by atomic mass is 16.2. The van der Waals surface area contributed by atoms with E-state index in [0.717, 1.165) is 51.1 Å². The average molecular weight is 307 g/mol. The van der Waals surface area contributed by atoms with Crippen molar-refractivity contribution in [1.82, 2.24) is 15.1 Å². The molecule has 1 aliphatic carbocycles. The monoisotopic (exact) mass is 307 g/mol. The SMILES string of the molecule is CC1CCN(CN2C(=O)NC3(C2=O)C(C)CCCC3C)CC1. The van der Waals surface area contributed by atoms with Crippen LogP contribution < -0.4 is 5.32 Å². The fourth-order valence-electron chi connectivity index (χ4n) is 4.48. The summed E-state index contributed by atoms with van der Waals surface area (Å²) in [4.78, 5) is 29.2. The predicted octanol–water partition coefficient (Wildman–Crippen LogP) is 2.42. The molecule has 1 spiro atoms. The summed E-state index contributed by atoms with van der Waals surface area (Å²) in [6.45, 7) is 8.91. The van der Waals surface area contributed by atoms with E-state index in [1.54, 1.807) is 0 Å². The summed E-state index contributed by atoms with van der Waals surface area (Å²) < 4.78 is 0. The quantitative estimate of drug-likeness (QED) is 0.797. The molecule has 124 valence electrons. The molecule has 2 aliphatic heterocycles. The maximum Gasteiger partial charge on any atom is 0.326 e. The van der Waals surface area contributed by atoms with E-state index in [2.05, 4.69) is 31.0 Å². The Morgan fingerprint density at radius 2 is 1.64 bits per heavy atom. The van der Waals surface area contributed by atoms with Gasteiger partial charge in [-0.1, -0.05) is 27.2 Å². The van der Waals surface area contributed by atoms with E-state index < -0.39 is 5.54 Å². The van der Waals surface area contributed by atoms with Gasteiger partial charge in [0.15, 0.2) is 0 Å². The lowest BCUT2D eigenvalue weighted by atomic mass is 9.67. The molecule has 2 saturated heterocycles. The second kappa shape index (κ2) is 5.84. The number of carbonyl (C=O) groups is 2.